The van der Waals surface area contributed by atoms with Crippen LogP contribution in [0.5, 0.6) is 0 Å². The van der Waals surface area contributed by atoms with Gasteiger partial charge in [-0.15, -0.1) is 0 Å². The molecule has 2 atom stereocenters. The molecule has 0 amide bonds. The SMILES string of the molecule is N[C@@H]([C@@H]1CO1)C(F)(F)c1ccccc1. The van der Waals surface area contributed by atoms with E-state index >= 15 is 0 Å². The Morgan fingerprint density at radius 1 is 1.36 bits per heavy atom. The van der Waals surface area contributed by atoms with Crippen molar-refractivity contribution in [1.29, 1.82) is 0 Å². The predicted octanol–water partition coefficient (Wildman–Crippen LogP) is 1.50. The number of hydrogen-bond donors (Lipinski definition) is 1. The molecule has 14 heavy (non-hydrogen) atoms. The maximum atomic E-state index is 13.6. The first-order chi connectivity index (χ1) is 6.62. The van der Waals surface area contributed by atoms with Crippen molar-refractivity contribution in [2.75, 3.05) is 6.61 Å². The normalized spacial score (nSPS) is 23.2. The van der Waals surface area contributed by atoms with Gasteiger partial charge in [-0.05, 0) is 0 Å². The monoisotopic (exact) mass is 199 g/mol. The molecular weight excluding hydrogens is 188 g/mol. The van der Waals surface area contributed by atoms with Gasteiger partial charge in [0.05, 0.1) is 6.61 Å². The van der Waals surface area contributed by atoms with E-state index in [9.17, 15) is 8.78 Å². The van der Waals surface area contributed by atoms with Crippen molar-refractivity contribution in [3.8, 4) is 0 Å². The Hall–Kier alpha value is -1.00. The predicted molar refractivity (Wildman–Crippen MR) is 48.1 cm³/mol. The van der Waals surface area contributed by atoms with Gasteiger partial charge in [-0.25, -0.2) is 0 Å². The Kier molecular flexibility index (Phi) is 2.25. The molecule has 1 heterocycles. The van der Waals surface area contributed by atoms with Crippen LogP contribution in [0.3, 0.4) is 0 Å². The highest BCUT2D eigenvalue weighted by Crippen LogP contribution is 2.35. The first-order valence-electron chi connectivity index (χ1n) is 4.43. The van der Waals surface area contributed by atoms with Crippen LogP contribution in [0.1, 0.15) is 5.56 Å². The van der Waals surface area contributed by atoms with Crippen LogP contribution in [-0.2, 0) is 10.7 Å². The Labute approximate surface area is 80.7 Å². The van der Waals surface area contributed by atoms with Crippen LogP contribution in [0.4, 0.5) is 8.78 Å². The van der Waals surface area contributed by atoms with Gasteiger partial charge in [0.15, 0.2) is 0 Å². The highest BCUT2D eigenvalue weighted by Gasteiger charge is 2.48. The molecule has 1 aliphatic rings. The molecule has 0 aliphatic carbocycles. The number of benzene rings is 1. The number of hydrogen-bond acceptors (Lipinski definition) is 2. The fourth-order valence-electron chi connectivity index (χ4n) is 1.35. The average molecular weight is 199 g/mol. The first kappa shape index (κ1) is 9.55. The zero-order valence-corrected chi connectivity index (χ0v) is 7.49. The Balaban J connectivity index is 2.22. The van der Waals surface area contributed by atoms with Crippen LogP contribution in [0.25, 0.3) is 0 Å². The van der Waals surface area contributed by atoms with E-state index in [1.165, 1.54) is 12.1 Å². The fourth-order valence-corrected chi connectivity index (χ4v) is 1.35. The molecule has 1 aliphatic heterocycles. The van der Waals surface area contributed by atoms with Crippen molar-refractivity contribution < 1.29 is 13.5 Å². The Bertz CT molecular complexity index is 311. The van der Waals surface area contributed by atoms with E-state index in [0.29, 0.717) is 6.61 Å². The summed E-state index contributed by atoms with van der Waals surface area (Å²) in [5.41, 5.74) is 5.36. The fraction of sp³-hybridized carbons (Fsp3) is 0.400. The first-order valence-corrected chi connectivity index (χ1v) is 4.43. The molecule has 0 radical (unpaired) electrons. The molecule has 2 N–H and O–H groups in total. The van der Waals surface area contributed by atoms with Crippen molar-refractivity contribution in [3.05, 3.63) is 35.9 Å². The maximum absolute atomic E-state index is 13.6. The minimum absolute atomic E-state index is 0.0528. The van der Waals surface area contributed by atoms with E-state index in [2.05, 4.69) is 0 Å². The quantitative estimate of drug-likeness (QED) is 0.749. The molecule has 2 rings (SSSR count). The van der Waals surface area contributed by atoms with Gasteiger partial charge in [0.1, 0.15) is 12.1 Å². The van der Waals surface area contributed by atoms with Crippen LogP contribution in [0, 0.1) is 0 Å². The lowest BCUT2D eigenvalue weighted by Crippen LogP contribution is -2.43. The van der Waals surface area contributed by atoms with Gasteiger partial charge < -0.3 is 10.5 Å². The molecule has 0 spiro atoms. The summed E-state index contributed by atoms with van der Waals surface area (Å²) in [4.78, 5) is 0. The van der Waals surface area contributed by atoms with Gasteiger partial charge in [-0.3, -0.25) is 0 Å². The largest absolute Gasteiger partial charge is 0.371 e. The highest BCUT2D eigenvalue weighted by atomic mass is 19.3. The van der Waals surface area contributed by atoms with Gasteiger partial charge in [-0.2, -0.15) is 8.78 Å². The van der Waals surface area contributed by atoms with E-state index < -0.39 is 18.1 Å². The molecule has 0 aromatic heterocycles. The van der Waals surface area contributed by atoms with Gasteiger partial charge in [0.2, 0.25) is 0 Å². The van der Waals surface area contributed by atoms with Crippen LogP contribution in [0.15, 0.2) is 30.3 Å². The summed E-state index contributed by atoms with van der Waals surface area (Å²) in [5.74, 6) is -3.01. The standard InChI is InChI=1S/C10H11F2NO/c11-10(12,9(13)8-6-14-8)7-4-2-1-3-5-7/h1-5,8-9H,6,13H2/t8-,9-/m0/s1. The molecule has 0 saturated carbocycles. The lowest BCUT2D eigenvalue weighted by molar-refractivity contribution is -0.0387. The van der Waals surface area contributed by atoms with Crippen molar-refractivity contribution in [3.63, 3.8) is 0 Å². The van der Waals surface area contributed by atoms with Gasteiger partial charge >= 0.3 is 0 Å². The summed E-state index contributed by atoms with van der Waals surface area (Å²) < 4.78 is 32.0. The third-order valence-corrected chi connectivity index (χ3v) is 2.34. The second-order valence-electron chi connectivity index (χ2n) is 3.39. The summed E-state index contributed by atoms with van der Waals surface area (Å²) in [5, 5.41) is 0. The molecule has 1 aromatic rings. The number of halogens is 2. The van der Waals surface area contributed by atoms with Crippen molar-refractivity contribution in [2.45, 2.75) is 18.1 Å². The summed E-state index contributed by atoms with van der Waals surface area (Å²) in [6, 6.07) is 6.35. The van der Waals surface area contributed by atoms with Gasteiger partial charge in [0, 0.05) is 5.56 Å². The second-order valence-corrected chi connectivity index (χ2v) is 3.39. The summed E-state index contributed by atoms with van der Waals surface area (Å²) in [6.07, 6.45) is -0.495. The number of alkyl halides is 2. The Morgan fingerprint density at radius 2 is 1.93 bits per heavy atom. The third-order valence-electron chi connectivity index (χ3n) is 2.34. The molecule has 1 aromatic carbocycles. The zero-order chi connectivity index (χ0) is 10.2. The molecule has 1 fully saturated rings. The zero-order valence-electron chi connectivity index (χ0n) is 7.49. The summed E-state index contributed by atoms with van der Waals surface area (Å²) in [6.45, 7) is 0.337. The molecule has 4 heteroatoms. The number of nitrogens with two attached hydrogens (primary N) is 1. The van der Waals surface area contributed by atoms with Crippen LogP contribution in [0.2, 0.25) is 0 Å². The average Bonchev–Trinajstić information content (AvgIpc) is 3.01. The van der Waals surface area contributed by atoms with E-state index in [1.54, 1.807) is 18.2 Å². The minimum Gasteiger partial charge on any atom is -0.371 e. The van der Waals surface area contributed by atoms with Crippen LogP contribution >= 0.6 is 0 Å². The molecule has 0 bridgehead atoms. The van der Waals surface area contributed by atoms with Gasteiger partial charge in [0.25, 0.3) is 5.92 Å². The van der Waals surface area contributed by atoms with Crippen LogP contribution in [-0.4, -0.2) is 18.8 Å². The number of epoxide rings is 1. The highest BCUT2D eigenvalue weighted by molar-refractivity contribution is 5.22. The maximum Gasteiger partial charge on any atom is 0.290 e. The Morgan fingerprint density at radius 3 is 2.43 bits per heavy atom. The van der Waals surface area contributed by atoms with Crippen molar-refractivity contribution in [1.82, 2.24) is 0 Å². The summed E-state index contributed by atoms with van der Waals surface area (Å²) >= 11 is 0. The molecular formula is C10H11F2NO. The molecule has 76 valence electrons. The van der Waals surface area contributed by atoms with Crippen molar-refractivity contribution >= 4 is 0 Å². The second kappa shape index (κ2) is 3.29. The molecule has 2 nitrogen and oxygen atoms in total. The molecule has 0 unspecified atom stereocenters. The van der Waals surface area contributed by atoms with E-state index in [4.69, 9.17) is 10.5 Å². The smallest absolute Gasteiger partial charge is 0.290 e. The number of ether oxygens (including phenoxy) is 1. The van der Waals surface area contributed by atoms with E-state index in [1.807, 2.05) is 0 Å². The minimum atomic E-state index is -3.01. The van der Waals surface area contributed by atoms with Crippen molar-refractivity contribution in [2.24, 2.45) is 5.73 Å². The summed E-state index contributed by atoms with van der Waals surface area (Å²) in [7, 11) is 0. The molecule has 1 saturated heterocycles. The lowest BCUT2D eigenvalue weighted by atomic mass is 10.00. The third kappa shape index (κ3) is 1.63. The van der Waals surface area contributed by atoms with Crippen LogP contribution < -0.4 is 5.73 Å². The van der Waals surface area contributed by atoms with E-state index in [-0.39, 0.29) is 5.56 Å². The topological polar surface area (TPSA) is 38.5 Å². The number of rotatable bonds is 3. The van der Waals surface area contributed by atoms with Gasteiger partial charge in [-0.1, -0.05) is 30.3 Å². The lowest BCUT2D eigenvalue weighted by Gasteiger charge is -2.22. The van der Waals surface area contributed by atoms with E-state index in [0.717, 1.165) is 0 Å².